The zero-order chi connectivity index (χ0) is 22.1. The molecule has 1 fully saturated rings. The van der Waals surface area contributed by atoms with Crippen LogP contribution in [0.1, 0.15) is 5.56 Å². The molecule has 9 heteroatoms. The predicted molar refractivity (Wildman–Crippen MR) is 129 cm³/mol. The van der Waals surface area contributed by atoms with E-state index in [0.717, 1.165) is 37.7 Å². The second-order valence-corrected chi connectivity index (χ2v) is 8.41. The van der Waals surface area contributed by atoms with Gasteiger partial charge in [-0.05, 0) is 42.1 Å². The molecule has 0 aliphatic carbocycles. The van der Waals surface area contributed by atoms with Crippen molar-refractivity contribution < 1.29 is 4.74 Å². The number of anilines is 3. The number of aryl methyl sites for hydroxylation is 1. The highest BCUT2D eigenvalue weighted by Gasteiger charge is 2.18. The van der Waals surface area contributed by atoms with Gasteiger partial charge in [-0.3, -0.25) is 4.79 Å². The number of ether oxygens (including phenoxy) is 1. The first-order valence-electron chi connectivity index (χ1n) is 10.5. The van der Waals surface area contributed by atoms with E-state index in [4.69, 9.17) is 9.72 Å². The average Bonchev–Trinajstić information content (AvgIpc) is 3.42. The van der Waals surface area contributed by atoms with Gasteiger partial charge in [0.15, 0.2) is 5.65 Å². The van der Waals surface area contributed by atoms with E-state index in [1.54, 1.807) is 28.3 Å². The summed E-state index contributed by atoms with van der Waals surface area (Å²) in [6.07, 6.45) is 3.29. The summed E-state index contributed by atoms with van der Waals surface area (Å²) < 4.78 is 8.91. The molecular formula is C23H24N6O2S. The monoisotopic (exact) mass is 448 g/mol. The normalized spacial score (nSPS) is 14.1. The van der Waals surface area contributed by atoms with Crippen LogP contribution in [0, 0.1) is 6.92 Å². The Balaban J connectivity index is 1.50. The molecule has 4 heterocycles. The second kappa shape index (κ2) is 8.60. The maximum Gasteiger partial charge on any atom is 0.278 e. The van der Waals surface area contributed by atoms with Gasteiger partial charge in [0, 0.05) is 36.0 Å². The van der Waals surface area contributed by atoms with Gasteiger partial charge in [0.2, 0.25) is 5.95 Å². The minimum atomic E-state index is -0.136. The lowest BCUT2D eigenvalue weighted by Crippen LogP contribution is -2.36. The van der Waals surface area contributed by atoms with Crippen LogP contribution in [0.5, 0.6) is 0 Å². The van der Waals surface area contributed by atoms with E-state index in [-0.39, 0.29) is 5.56 Å². The van der Waals surface area contributed by atoms with Gasteiger partial charge in [-0.2, -0.15) is 16.3 Å². The van der Waals surface area contributed by atoms with Gasteiger partial charge in [-0.15, -0.1) is 6.58 Å². The highest BCUT2D eigenvalue weighted by atomic mass is 32.1. The maximum atomic E-state index is 12.9. The summed E-state index contributed by atoms with van der Waals surface area (Å²) in [6.45, 7) is 9.57. The molecule has 164 valence electrons. The van der Waals surface area contributed by atoms with Crippen LogP contribution < -0.4 is 15.8 Å². The van der Waals surface area contributed by atoms with Crippen LogP contribution in [-0.4, -0.2) is 45.6 Å². The van der Waals surface area contributed by atoms with Crippen LogP contribution >= 0.6 is 11.3 Å². The molecule has 3 aromatic heterocycles. The topological polar surface area (TPSA) is 77.2 Å². The highest BCUT2D eigenvalue weighted by molar-refractivity contribution is 7.08. The van der Waals surface area contributed by atoms with Crippen LogP contribution in [0.4, 0.5) is 17.3 Å². The number of nitrogens with zero attached hydrogens (tertiary/aromatic N) is 5. The molecule has 0 spiro atoms. The van der Waals surface area contributed by atoms with Gasteiger partial charge in [0.25, 0.3) is 5.56 Å². The Morgan fingerprint density at radius 3 is 2.84 bits per heavy atom. The number of aromatic nitrogens is 4. The van der Waals surface area contributed by atoms with Gasteiger partial charge >= 0.3 is 0 Å². The molecule has 0 unspecified atom stereocenters. The Morgan fingerprint density at radius 2 is 2.12 bits per heavy atom. The summed E-state index contributed by atoms with van der Waals surface area (Å²) in [7, 11) is 0. The third-order valence-electron chi connectivity index (χ3n) is 5.53. The van der Waals surface area contributed by atoms with Crippen molar-refractivity contribution in [2.75, 3.05) is 36.5 Å². The molecule has 4 aromatic rings. The summed E-state index contributed by atoms with van der Waals surface area (Å²) in [4.78, 5) is 24.4. The van der Waals surface area contributed by atoms with Gasteiger partial charge in [0.1, 0.15) is 5.39 Å². The molecule has 1 saturated heterocycles. The largest absolute Gasteiger partial charge is 0.378 e. The lowest BCUT2D eigenvalue weighted by molar-refractivity contribution is 0.122. The number of rotatable bonds is 6. The van der Waals surface area contributed by atoms with Crippen LogP contribution in [0.3, 0.4) is 0 Å². The Hall–Kier alpha value is -3.43. The van der Waals surface area contributed by atoms with E-state index in [2.05, 4.69) is 40.8 Å². The zero-order valence-electron chi connectivity index (χ0n) is 17.8. The maximum absolute atomic E-state index is 12.9. The summed E-state index contributed by atoms with van der Waals surface area (Å²) >= 11 is 1.57. The third-order valence-corrected chi connectivity index (χ3v) is 6.20. The first kappa shape index (κ1) is 20.5. The number of benzene rings is 1. The lowest BCUT2D eigenvalue weighted by Gasteiger charge is -2.30. The Kier molecular flexibility index (Phi) is 5.50. The molecule has 0 radical (unpaired) electrons. The highest BCUT2D eigenvalue weighted by Crippen LogP contribution is 2.26. The van der Waals surface area contributed by atoms with Crippen molar-refractivity contribution in [3.63, 3.8) is 0 Å². The predicted octanol–water partition coefficient (Wildman–Crippen LogP) is 3.72. The van der Waals surface area contributed by atoms with Crippen molar-refractivity contribution in [3.8, 4) is 5.69 Å². The number of morpholine rings is 1. The van der Waals surface area contributed by atoms with E-state index in [0.29, 0.717) is 23.5 Å². The molecule has 1 aromatic carbocycles. The van der Waals surface area contributed by atoms with Gasteiger partial charge in [0.05, 0.1) is 25.4 Å². The molecule has 5 rings (SSSR count). The number of hydrogen-bond donors (Lipinski definition) is 1. The minimum Gasteiger partial charge on any atom is -0.378 e. The molecule has 1 N–H and O–H groups in total. The molecule has 32 heavy (non-hydrogen) atoms. The fourth-order valence-electron chi connectivity index (χ4n) is 4.04. The Labute approximate surface area is 189 Å². The Morgan fingerprint density at radius 1 is 1.28 bits per heavy atom. The van der Waals surface area contributed by atoms with Crippen LogP contribution in [-0.2, 0) is 11.3 Å². The number of nitrogens with one attached hydrogen (secondary N) is 1. The number of hydrogen-bond acceptors (Lipinski definition) is 7. The lowest BCUT2D eigenvalue weighted by atomic mass is 10.1. The average molecular weight is 449 g/mol. The fourth-order valence-corrected chi connectivity index (χ4v) is 4.65. The van der Waals surface area contributed by atoms with Crippen LogP contribution in [0.25, 0.3) is 16.7 Å². The first-order valence-corrected chi connectivity index (χ1v) is 11.4. The third kappa shape index (κ3) is 3.69. The van der Waals surface area contributed by atoms with E-state index >= 15 is 0 Å². The molecule has 8 nitrogen and oxygen atoms in total. The fraction of sp³-hybridized carbons (Fsp3) is 0.261. The smallest absolute Gasteiger partial charge is 0.278 e. The van der Waals surface area contributed by atoms with Crippen molar-refractivity contribution in [3.05, 3.63) is 69.8 Å². The Bertz CT molecular complexity index is 1320. The van der Waals surface area contributed by atoms with Crippen molar-refractivity contribution in [2.24, 2.45) is 0 Å². The molecule has 1 aliphatic rings. The SMILES string of the molecule is C=CCn1c(=O)c2cnc(Nc3ccc(N4CCOCC4)c(C)c3)nc2n1-c1ccsc1. The molecule has 0 atom stereocenters. The van der Waals surface area contributed by atoms with Crippen molar-refractivity contribution in [1.29, 1.82) is 0 Å². The van der Waals surface area contributed by atoms with E-state index in [9.17, 15) is 4.79 Å². The first-order chi connectivity index (χ1) is 15.7. The van der Waals surface area contributed by atoms with Crippen LogP contribution in [0.2, 0.25) is 0 Å². The van der Waals surface area contributed by atoms with Crippen molar-refractivity contribution in [1.82, 2.24) is 19.3 Å². The second-order valence-electron chi connectivity index (χ2n) is 7.63. The van der Waals surface area contributed by atoms with Gasteiger partial charge in [-0.25, -0.2) is 14.3 Å². The van der Waals surface area contributed by atoms with Gasteiger partial charge in [-0.1, -0.05) is 6.08 Å². The van der Waals surface area contributed by atoms with E-state index in [1.165, 1.54) is 11.3 Å². The zero-order valence-corrected chi connectivity index (χ0v) is 18.6. The summed E-state index contributed by atoms with van der Waals surface area (Å²) in [5, 5.41) is 7.73. The molecule has 0 bridgehead atoms. The summed E-state index contributed by atoms with van der Waals surface area (Å²) in [5.74, 6) is 0.441. The minimum absolute atomic E-state index is 0.136. The van der Waals surface area contributed by atoms with E-state index < -0.39 is 0 Å². The summed E-state index contributed by atoms with van der Waals surface area (Å²) in [5.41, 5.74) is 4.60. The van der Waals surface area contributed by atoms with E-state index in [1.807, 2.05) is 27.6 Å². The van der Waals surface area contributed by atoms with Crippen LogP contribution in [0.15, 0.2) is 58.7 Å². The molecule has 1 aliphatic heterocycles. The molecular weight excluding hydrogens is 424 g/mol. The number of fused-ring (bicyclic) bond motifs is 1. The van der Waals surface area contributed by atoms with Crippen molar-refractivity contribution in [2.45, 2.75) is 13.5 Å². The van der Waals surface area contributed by atoms with Gasteiger partial charge < -0.3 is 15.0 Å². The number of thiophene rings is 1. The quantitative estimate of drug-likeness (QED) is 0.453. The number of allylic oxidation sites excluding steroid dienone is 1. The summed E-state index contributed by atoms with van der Waals surface area (Å²) in [6, 6.07) is 8.20. The molecule has 0 saturated carbocycles. The van der Waals surface area contributed by atoms with Crippen molar-refractivity contribution >= 4 is 39.7 Å². The standard InChI is InChI=1S/C23H24N6O2S/c1-3-7-28-22(30)19-14-24-23(26-21(19)29(28)18-6-12-32-15-18)25-17-4-5-20(16(2)13-17)27-8-10-31-11-9-27/h3-6,12-15H,1,7-11H2,2H3,(H,24,25,26). The molecule has 0 amide bonds.